The van der Waals surface area contributed by atoms with E-state index in [0.717, 1.165) is 0 Å². The van der Waals surface area contributed by atoms with Gasteiger partial charge >= 0.3 is 0 Å². The van der Waals surface area contributed by atoms with Gasteiger partial charge in [0, 0.05) is 24.4 Å². The first-order chi connectivity index (χ1) is 6.66. The highest BCUT2D eigenvalue weighted by molar-refractivity contribution is 4.99. The number of unbranched alkanes of at least 4 members (excludes halogenated alkanes) is 1. The van der Waals surface area contributed by atoms with E-state index in [0.29, 0.717) is 12.0 Å². The maximum Gasteiger partial charge on any atom is 0.111 e. The number of hydrogen-bond acceptors (Lipinski definition) is 1. The number of imidazole rings is 1. The lowest BCUT2D eigenvalue weighted by molar-refractivity contribution is 0.461. The molecule has 2 heteroatoms. The third-order valence-corrected chi connectivity index (χ3v) is 2.67. The molecule has 0 saturated heterocycles. The summed E-state index contributed by atoms with van der Waals surface area (Å²) in [7, 11) is 0. The molecule has 0 aliphatic rings. The van der Waals surface area contributed by atoms with Gasteiger partial charge in [-0.15, -0.1) is 0 Å². The van der Waals surface area contributed by atoms with E-state index in [1.54, 1.807) is 0 Å². The van der Waals surface area contributed by atoms with E-state index in [1.807, 2.05) is 6.20 Å². The Morgan fingerprint density at radius 2 is 2.07 bits per heavy atom. The van der Waals surface area contributed by atoms with Crippen molar-refractivity contribution in [3.63, 3.8) is 0 Å². The zero-order valence-corrected chi connectivity index (χ0v) is 9.83. The lowest BCUT2D eigenvalue weighted by Gasteiger charge is -2.17. The summed E-state index contributed by atoms with van der Waals surface area (Å²) >= 11 is 0. The molecule has 0 spiro atoms. The van der Waals surface area contributed by atoms with Gasteiger partial charge in [-0.1, -0.05) is 33.6 Å². The predicted octanol–water partition coefficient (Wildman–Crippen LogP) is 3.76. The summed E-state index contributed by atoms with van der Waals surface area (Å²) in [6.07, 6.45) is 7.85. The fraction of sp³-hybridized carbons (Fsp3) is 0.750. The first-order valence-corrected chi connectivity index (χ1v) is 5.69. The molecule has 0 aliphatic carbocycles. The monoisotopic (exact) mass is 194 g/mol. The highest BCUT2D eigenvalue weighted by atomic mass is 15.1. The van der Waals surface area contributed by atoms with Crippen molar-refractivity contribution < 1.29 is 0 Å². The molecule has 80 valence electrons. The molecule has 0 N–H and O–H groups in total. The molecular formula is C12H22N2. The van der Waals surface area contributed by atoms with Crippen LogP contribution in [0.5, 0.6) is 0 Å². The van der Waals surface area contributed by atoms with Crippen LogP contribution in [0.4, 0.5) is 0 Å². The molecule has 0 aliphatic heterocycles. The van der Waals surface area contributed by atoms with Crippen LogP contribution >= 0.6 is 0 Å². The minimum atomic E-state index is 0.522. The number of nitrogens with zero attached hydrogens (tertiary/aromatic N) is 2. The Bertz CT molecular complexity index is 263. The average molecular weight is 194 g/mol. The normalized spacial score (nSPS) is 13.5. The van der Waals surface area contributed by atoms with E-state index in [-0.39, 0.29) is 0 Å². The van der Waals surface area contributed by atoms with E-state index in [2.05, 4.69) is 43.4 Å². The van der Waals surface area contributed by atoms with Gasteiger partial charge in [-0.2, -0.15) is 0 Å². The molecule has 1 unspecified atom stereocenters. The fourth-order valence-corrected chi connectivity index (χ4v) is 1.78. The minimum absolute atomic E-state index is 0.522. The molecule has 1 aromatic heterocycles. The Morgan fingerprint density at radius 1 is 1.36 bits per heavy atom. The van der Waals surface area contributed by atoms with Crippen LogP contribution in [-0.2, 0) is 0 Å². The summed E-state index contributed by atoms with van der Waals surface area (Å²) < 4.78 is 2.32. The molecule has 0 radical (unpaired) electrons. The molecule has 0 fully saturated rings. The molecule has 1 aromatic rings. The van der Waals surface area contributed by atoms with Gasteiger partial charge in [0.1, 0.15) is 5.82 Å². The highest BCUT2D eigenvalue weighted by Crippen LogP contribution is 2.20. The predicted molar refractivity (Wildman–Crippen MR) is 60.6 cm³/mol. The maximum atomic E-state index is 4.41. The quantitative estimate of drug-likeness (QED) is 0.698. The van der Waals surface area contributed by atoms with Gasteiger partial charge in [0.05, 0.1) is 0 Å². The van der Waals surface area contributed by atoms with Crippen LogP contribution in [0.15, 0.2) is 12.4 Å². The molecular weight excluding hydrogens is 172 g/mol. The van der Waals surface area contributed by atoms with E-state index in [4.69, 9.17) is 0 Å². The molecule has 2 nitrogen and oxygen atoms in total. The Labute approximate surface area is 87.4 Å². The molecule has 0 saturated carbocycles. The van der Waals surface area contributed by atoms with E-state index in [9.17, 15) is 0 Å². The van der Waals surface area contributed by atoms with Gasteiger partial charge in [0.2, 0.25) is 0 Å². The second-order valence-corrected chi connectivity index (χ2v) is 4.34. The lowest BCUT2D eigenvalue weighted by Crippen LogP contribution is -2.09. The van der Waals surface area contributed by atoms with E-state index in [1.165, 1.54) is 25.1 Å². The Balaban J connectivity index is 2.68. The second-order valence-electron chi connectivity index (χ2n) is 4.34. The van der Waals surface area contributed by atoms with Crippen LogP contribution in [0.25, 0.3) is 0 Å². The summed E-state index contributed by atoms with van der Waals surface area (Å²) in [5.41, 5.74) is 0. The van der Waals surface area contributed by atoms with Crippen LogP contribution in [0, 0.1) is 0 Å². The zero-order valence-electron chi connectivity index (χ0n) is 9.83. The van der Waals surface area contributed by atoms with Gasteiger partial charge in [-0.3, -0.25) is 0 Å². The van der Waals surface area contributed by atoms with Crippen molar-refractivity contribution in [1.82, 2.24) is 9.55 Å². The SMILES string of the molecule is CCCCC(C)n1ccnc1C(C)C. The van der Waals surface area contributed by atoms with Crippen LogP contribution < -0.4 is 0 Å². The highest BCUT2D eigenvalue weighted by Gasteiger charge is 2.11. The Morgan fingerprint density at radius 3 is 2.64 bits per heavy atom. The number of aromatic nitrogens is 2. The van der Waals surface area contributed by atoms with E-state index >= 15 is 0 Å². The van der Waals surface area contributed by atoms with Crippen molar-refractivity contribution in [2.24, 2.45) is 0 Å². The Kier molecular flexibility index (Phi) is 4.18. The smallest absolute Gasteiger partial charge is 0.111 e. The summed E-state index contributed by atoms with van der Waals surface area (Å²) in [5, 5.41) is 0. The van der Waals surface area contributed by atoms with Crippen LogP contribution in [0.1, 0.15) is 64.7 Å². The van der Waals surface area contributed by atoms with Gasteiger partial charge in [0.25, 0.3) is 0 Å². The van der Waals surface area contributed by atoms with Crippen LogP contribution in [0.2, 0.25) is 0 Å². The summed E-state index contributed by atoms with van der Waals surface area (Å²) in [6, 6.07) is 0.592. The first kappa shape index (κ1) is 11.3. The zero-order chi connectivity index (χ0) is 10.6. The van der Waals surface area contributed by atoms with Crippen LogP contribution in [-0.4, -0.2) is 9.55 Å². The van der Waals surface area contributed by atoms with Crippen molar-refractivity contribution >= 4 is 0 Å². The van der Waals surface area contributed by atoms with Crippen molar-refractivity contribution in [1.29, 1.82) is 0 Å². The molecule has 1 rings (SSSR count). The van der Waals surface area contributed by atoms with Gasteiger partial charge < -0.3 is 4.57 Å². The van der Waals surface area contributed by atoms with Gasteiger partial charge in [-0.25, -0.2) is 4.98 Å². The molecule has 0 aromatic carbocycles. The minimum Gasteiger partial charge on any atom is -0.332 e. The lowest BCUT2D eigenvalue weighted by atomic mass is 10.1. The average Bonchev–Trinajstić information content (AvgIpc) is 2.62. The van der Waals surface area contributed by atoms with E-state index < -0.39 is 0 Å². The molecule has 1 atom stereocenters. The topological polar surface area (TPSA) is 17.8 Å². The van der Waals surface area contributed by atoms with Crippen molar-refractivity contribution in [2.45, 2.75) is 58.9 Å². The third kappa shape index (κ3) is 2.60. The third-order valence-electron chi connectivity index (χ3n) is 2.67. The van der Waals surface area contributed by atoms with Crippen molar-refractivity contribution in [3.05, 3.63) is 18.2 Å². The van der Waals surface area contributed by atoms with Gasteiger partial charge in [-0.05, 0) is 13.3 Å². The fourth-order valence-electron chi connectivity index (χ4n) is 1.78. The number of hydrogen-bond donors (Lipinski definition) is 0. The second kappa shape index (κ2) is 5.18. The van der Waals surface area contributed by atoms with Crippen molar-refractivity contribution in [3.8, 4) is 0 Å². The van der Waals surface area contributed by atoms with Gasteiger partial charge in [0.15, 0.2) is 0 Å². The molecule has 14 heavy (non-hydrogen) atoms. The summed E-state index contributed by atoms with van der Waals surface area (Å²) in [5.74, 6) is 1.74. The first-order valence-electron chi connectivity index (χ1n) is 5.69. The Hall–Kier alpha value is -0.790. The molecule has 1 heterocycles. The largest absolute Gasteiger partial charge is 0.332 e. The maximum absolute atomic E-state index is 4.41. The summed E-state index contributed by atoms with van der Waals surface area (Å²) in [6.45, 7) is 8.92. The molecule has 0 amide bonds. The van der Waals surface area contributed by atoms with Crippen LogP contribution in [0.3, 0.4) is 0 Å². The van der Waals surface area contributed by atoms with Crippen molar-refractivity contribution in [2.75, 3.05) is 0 Å². The molecule has 0 bridgehead atoms. The number of rotatable bonds is 5. The standard InChI is InChI=1S/C12H22N2/c1-5-6-7-11(4)14-9-8-13-12(14)10(2)3/h8-11H,5-7H2,1-4H3. The summed E-state index contributed by atoms with van der Waals surface area (Å²) in [4.78, 5) is 4.41.